The van der Waals surface area contributed by atoms with Gasteiger partial charge < -0.3 is 0 Å². The average molecular weight is 172 g/mol. The van der Waals surface area contributed by atoms with E-state index in [1.807, 2.05) is 13.8 Å². The van der Waals surface area contributed by atoms with Crippen LogP contribution in [-0.4, -0.2) is 6.15 Å². The van der Waals surface area contributed by atoms with Crippen LogP contribution in [0.4, 0.5) is 0 Å². The molecule has 0 aliphatic carbocycles. The Morgan fingerprint density at radius 3 is 1.91 bits per heavy atom. The van der Waals surface area contributed by atoms with Crippen molar-refractivity contribution in [3.63, 3.8) is 0 Å². The van der Waals surface area contributed by atoms with Crippen molar-refractivity contribution in [1.29, 1.82) is 0 Å². The number of hydrogen-bond acceptors (Lipinski definition) is 3. The van der Waals surface area contributed by atoms with E-state index < -0.39 is 0 Å². The molecule has 0 N–H and O–H groups in total. The molecule has 0 bridgehead atoms. The molecule has 11 heavy (non-hydrogen) atoms. The third kappa shape index (κ3) is 12.3. The maximum absolute atomic E-state index is 8.12. The molecule has 1 aromatic heterocycles. The lowest BCUT2D eigenvalue weighted by molar-refractivity contribution is -0.191. The summed E-state index contributed by atoms with van der Waals surface area (Å²) in [7, 11) is 0. The zero-order valence-corrected chi connectivity index (χ0v) is 7.77. The molecule has 0 radical (unpaired) electrons. The number of carbonyl (C=O) groups excluding carboxylic acids is 2. The highest BCUT2D eigenvalue weighted by Gasteiger charge is 1.74. The van der Waals surface area contributed by atoms with Crippen molar-refractivity contribution >= 4 is 17.5 Å². The Morgan fingerprint density at radius 1 is 1.36 bits per heavy atom. The van der Waals surface area contributed by atoms with Crippen molar-refractivity contribution in [2.45, 2.75) is 20.8 Å². The fourth-order valence-corrected chi connectivity index (χ4v) is 0.890. The number of hydrogen-bond donors (Lipinski definition) is 0. The van der Waals surface area contributed by atoms with Gasteiger partial charge in [0.05, 0.1) is 0 Å². The first-order valence-corrected chi connectivity index (χ1v) is 4.18. The summed E-state index contributed by atoms with van der Waals surface area (Å²) in [5.41, 5.74) is 0. The minimum Gasteiger partial charge on any atom is -0.186 e. The summed E-state index contributed by atoms with van der Waals surface area (Å²) in [6.45, 7) is 6.10. The molecular formula is C8H12O2S. The van der Waals surface area contributed by atoms with Crippen LogP contribution < -0.4 is 0 Å². The SMILES string of the molecule is CC.Cc1cccs1.O=C=O. The molecule has 0 aromatic carbocycles. The molecule has 1 aromatic rings. The molecule has 62 valence electrons. The van der Waals surface area contributed by atoms with Gasteiger partial charge in [0.25, 0.3) is 0 Å². The van der Waals surface area contributed by atoms with Crippen LogP contribution in [0, 0.1) is 6.92 Å². The van der Waals surface area contributed by atoms with Gasteiger partial charge in [-0.05, 0) is 18.4 Å². The molecule has 0 unspecified atom stereocenters. The van der Waals surface area contributed by atoms with Crippen molar-refractivity contribution in [1.82, 2.24) is 0 Å². The minimum absolute atomic E-state index is 0.250. The average Bonchev–Trinajstić information content (AvgIpc) is 2.46. The second-order valence-corrected chi connectivity index (χ2v) is 2.46. The summed E-state index contributed by atoms with van der Waals surface area (Å²) in [6.07, 6.45) is 0.250. The Bertz CT molecular complexity index is 174. The van der Waals surface area contributed by atoms with Gasteiger partial charge >= 0.3 is 6.15 Å². The Hall–Kier alpha value is -0.920. The van der Waals surface area contributed by atoms with Gasteiger partial charge in [0.1, 0.15) is 0 Å². The Morgan fingerprint density at radius 2 is 1.82 bits per heavy atom. The van der Waals surface area contributed by atoms with E-state index in [0.717, 1.165) is 0 Å². The molecule has 1 heterocycles. The van der Waals surface area contributed by atoms with Crippen LogP contribution in [0.5, 0.6) is 0 Å². The van der Waals surface area contributed by atoms with E-state index in [9.17, 15) is 0 Å². The first kappa shape index (κ1) is 12.7. The summed E-state index contributed by atoms with van der Waals surface area (Å²) in [5.74, 6) is 0. The monoisotopic (exact) mass is 172 g/mol. The highest BCUT2D eigenvalue weighted by atomic mass is 32.1. The zero-order chi connectivity index (χ0) is 9.11. The van der Waals surface area contributed by atoms with Gasteiger partial charge in [0.2, 0.25) is 0 Å². The number of rotatable bonds is 0. The molecule has 0 spiro atoms. The smallest absolute Gasteiger partial charge is 0.186 e. The number of thiophene rings is 1. The second-order valence-electron chi connectivity index (χ2n) is 1.31. The van der Waals surface area contributed by atoms with Crippen molar-refractivity contribution in [3.05, 3.63) is 22.4 Å². The van der Waals surface area contributed by atoms with Crippen LogP contribution in [0.2, 0.25) is 0 Å². The highest BCUT2D eigenvalue weighted by Crippen LogP contribution is 2.03. The van der Waals surface area contributed by atoms with E-state index in [2.05, 4.69) is 24.4 Å². The Balaban J connectivity index is 0. The first-order valence-electron chi connectivity index (χ1n) is 3.30. The van der Waals surface area contributed by atoms with Crippen LogP contribution >= 0.6 is 11.3 Å². The van der Waals surface area contributed by atoms with Gasteiger partial charge in [0.15, 0.2) is 0 Å². The molecule has 2 nitrogen and oxygen atoms in total. The Kier molecular flexibility index (Phi) is 13.7. The van der Waals surface area contributed by atoms with E-state index >= 15 is 0 Å². The first-order chi connectivity index (χ1) is 5.31. The van der Waals surface area contributed by atoms with Gasteiger partial charge in [0, 0.05) is 4.88 Å². The maximum atomic E-state index is 8.12. The minimum atomic E-state index is 0.250. The molecular weight excluding hydrogens is 160 g/mol. The van der Waals surface area contributed by atoms with Crippen LogP contribution in [0.25, 0.3) is 0 Å². The standard InChI is InChI=1S/C5H6S.C2H6.CO2/c1-5-3-2-4-6-5;1-2;2-1-3/h2-4H,1H3;1-2H3;. The third-order valence-corrected chi connectivity index (χ3v) is 1.46. The summed E-state index contributed by atoms with van der Waals surface area (Å²) in [6, 6.07) is 4.16. The normalized spacial score (nSPS) is 6.09. The maximum Gasteiger partial charge on any atom is 0.373 e. The van der Waals surface area contributed by atoms with Gasteiger partial charge in [-0.1, -0.05) is 19.9 Å². The van der Waals surface area contributed by atoms with Crippen molar-refractivity contribution < 1.29 is 9.59 Å². The van der Waals surface area contributed by atoms with E-state index in [-0.39, 0.29) is 6.15 Å². The zero-order valence-electron chi connectivity index (χ0n) is 6.96. The topological polar surface area (TPSA) is 34.1 Å². The summed E-state index contributed by atoms with van der Waals surface area (Å²) < 4.78 is 0. The molecule has 3 heteroatoms. The predicted octanol–water partition coefficient (Wildman–Crippen LogP) is 2.50. The molecule has 0 fully saturated rings. The van der Waals surface area contributed by atoms with Gasteiger partial charge in [-0.3, -0.25) is 0 Å². The molecule has 0 atom stereocenters. The van der Waals surface area contributed by atoms with Crippen molar-refractivity contribution in [3.8, 4) is 0 Å². The third-order valence-electron chi connectivity index (χ3n) is 0.663. The second kappa shape index (κ2) is 11.8. The van der Waals surface area contributed by atoms with Crippen molar-refractivity contribution in [2.75, 3.05) is 0 Å². The summed E-state index contributed by atoms with van der Waals surface area (Å²) >= 11 is 1.78. The number of aryl methyl sites for hydroxylation is 1. The van der Waals surface area contributed by atoms with Crippen LogP contribution in [0.15, 0.2) is 17.5 Å². The molecule has 0 saturated carbocycles. The van der Waals surface area contributed by atoms with E-state index in [1.165, 1.54) is 4.88 Å². The lowest BCUT2D eigenvalue weighted by Gasteiger charge is -1.65. The molecule has 0 aliphatic rings. The van der Waals surface area contributed by atoms with E-state index in [4.69, 9.17) is 9.59 Å². The summed E-state index contributed by atoms with van der Waals surface area (Å²) in [5, 5.41) is 2.08. The quantitative estimate of drug-likeness (QED) is 0.602. The summed E-state index contributed by atoms with van der Waals surface area (Å²) in [4.78, 5) is 17.6. The van der Waals surface area contributed by atoms with Gasteiger partial charge in [-0.25, -0.2) is 0 Å². The van der Waals surface area contributed by atoms with Crippen LogP contribution in [-0.2, 0) is 9.59 Å². The molecule has 0 saturated heterocycles. The lowest BCUT2D eigenvalue weighted by atomic mass is 10.5. The fraction of sp³-hybridized carbons (Fsp3) is 0.375. The lowest BCUT2D eigenvalue weighted by Crippen LogP contribution is -1.42. The van der Waals surface area contributed by atoms with Crippen molar-refractivity contribution in [2.24, 2.45) is 0 Å². The molecule has 0 aliphatic heterocycles. The largest absolute Gasteiger partial charge is 0.373 e. The van der Waals surface area contributed by atoms with Gasteiger partial charge in [-0.15, -0.1) is 11.3 Å². The molecule has 1 rings (SSSR count). The Labute approximate surface area is 70.9 Å². The van der Waals surface area contributed by atoms with Crippen LogP contribution in [0.3, 0.4) is 0 Å². The predicted molar refractivity (Wildman–Crippen MR) is 45.4 cm³/mol. The van der Waals surface area contributed by atoms with Gasteiger partial charge in [-0.2, -0.15) is 9.59 Å². The molecule has 0 amide bonds. The fourth-order valence-electron chi connectivity index (χ4n) is 0.361. The highest BCUT2D eigenvalue weighted by molar-refractivity contribution is 7.09. The van der Waals surface area contributed by atoms with Crippen LogP contribution in [0.1, 0.15) is 18.7 Å². The van der Waals surface area contributed by atoms with E-state index in [0.29, 0.717) is 0 Å². The van der Waals surface area contributed by atoms with E-state index in [1.54, 1.807) is 11.3 Å².